The second kappa shape index (κ2) is 4.31. The van der Waals surface area contributed by atoms with Crippen LogP contribution in [0.3, 0.4) is 0 Å². The van der Waals surface area contributed by atoms with Crippen molar-refractivity contribution in [3.63, 3.8) is 0 Å². The summed E-state index contributed by atoms with van der Waals surface area (Å²) >= 11 is 0. The van der Waals surface area contributed by atoms with Crippen LogP contribution < -0.4 is 4.90 Å². The van der Waals surface area contributed by atoms with Gasteiger partial charge in [-0.1, -0.05) is 12.1 Å². The van der Waals surface area contributed by atoms with Crippen LogP contribution in [0.25, 0.3) is 0 Å². The Labute approximate surface area is 116 Å². The summed E-state index contributed by atoms with van der Waals surface area (Å²) in [6, 6.07) is 6.65. The molecule has 3 rings (SSSR count). The lowest BCUT2D eigenvalue weighted by Crippen LogP contribution is -2.33. The zero-order chi connectivity index (χ0) is 14.4. The normalized spacial score (nSPS) is 21.3. The number of benzene rings is 1. The molecule has 0 atom stereocenters. The van der Waals surface area contributed by atoms with Gasteiger partial charge in [-0.25, -0.2) is 0 Å². The monoisotopic (exact) mass is 294 g/mol. The van der Waals surface area contributed by atoms with Gasteiger partial charge >= 0.3 is 5.97 Å². The number of carbonyl (C=O) groups is 1. The Morgan fingerprint density at radius 3 is 2.70 bits per heavy atom. The molecule has 6 nitrogen and oxygen atoms in total. The number of fused-ring (bicyclic) bond motifs is 1. The molecular weight excluding hydrogens is 280 g/mol. The minimum Gasteiger partial charge on any atom is -0.481 e. The van der Waals surface area contributed by atoms with E-state index in [-0.39, 0.29) is 16.7 Å². The van der Waals surface area contributed by atoms with Gasteiger partial charge in [-0.3, -0.25) is 4.79 Å². The van der Waals surface area contributed by atoms with Crippen molar-refractivity contribution in [3.05, 3.63) is 24.3 Å². The van der Waals surface area contributed by atoms with Crippen LogP contribution in [-0.2, 0) is 14.8 Å². The van der Waals surface area contributed by atoms with Gasteiger partial charge in [-0.15, -0.1) is 4.40 Å². The molecule has 106 valence electrons. The van der Waals surface area contributed by atoms with E-state index in [0.717, 1.165) is 12.8 Å². The van der Waals surface area contributed by atoms with E-state index in [2.05, 4.69) is 4.40 Å². The maximum atomic E-state index is 11.9. The van der Waals surface area contributed by atoms with Crippen molar-refractivity contribution >= 4 is 28.0 Å². The molecule has 0 saturated heterocycles. The summed E-state index contributed by atoms with van der Waals surface area (Å²) in [5.41, 5.74) is 0.311. The first-order valence-electron chi connectivity index (χ1n) is 6.30. The molecule has 1 heterocycles. The van der Waals surface area contributed by atoms with E-state index in [1.807, 2.05) is 0 Å². The molecule has 1 aromatic carbocycles. The third-order valence-corrected chi connectivity index (χ3v) is 5.04. The smallest absolute Gasteiger partial charge is 0.303 e. The molecule has 1 N–H and O–H groups in total. The van der Waals surface area contributed by atoms with E-state index >= 15 is 0 Å². The molecule has 0 aromatic heterocycles. The van der Waals surface area contributed by atoms with Crippen LogP contribution in [0.2, 0.25) is 0 Å². The SMILES string of the molecule is O=C(O)CC1(CN2C=NS(=O)(=O)c3ccccc32)CC1. The first-order valence-corrected chi connectivity index (χ1v) is 7.74. The Morgan fingerprint density at radius 2 is 2.05 bits per heavy atom. The molecule has 20 heavy (non-hydrogen) atoms. The van der Waals surface area contributed by atoms with Crippen LogP contribution in [0, 0.1) is 5.41 Å². The van der Waals surface area contributed by atoms with Gasteiger partial charge < -0.3 is 10.0 Å². The maximum absolute atomic E-state index is 11.9. The Balaban J connectivity index is 1.91. The number of nitrogens with zero attached hydrogens (tertiary/aromatic N) is 2. The Morgan fingerprint density at radius 1 is 1.35 bits per heavy atom. The van der Waals surface area contributed by atoms with Crippen LogP contribution in [0.5, 0.6) is 0 Å². The lowest BCUT2D eigenvalue weighted by Gasteiger charge is -2.28. The summed E-state index contributed by atoms with van der Waals surface area (Å²) in [6.07, 6.45) is 3.09. The van der Waals surface area contributed by atoms with Gasteiger partial charge in [0.2, 0.25) is 0 Å². The van der Waals surface area contributed by atoms with Gasteiger partial charge in [0.05, 0.1) is 12.1 Å². The summed E-state index contributed by atoms with van der Waals surface area (Å²) in [5, 5.41) is 8.95. The summed E-state index contributed by atoms with van der Waals surface area (Å²) in [5.74, 6) is -0.822. The first kappa shape index (κ1) is 13.1. The average Bonchev–Trinajstić information content (AvgIpc) is 3.12. The number of anilines is 1. The lowest BCUT2D eigenvalue weighted by molar-refractivity contribution is -0.138. The highest BCUT2D eigenvalue weighted by molar-refractivity contribution is 7.90. The van der Waals surface area contributed by atoms with Crippen molar-refractivity contribution in [2.75, 3.05) is 11.4 Å². The molecule has 0 radical (unpaired) electrons. The summed E-state index contributed by atoms with van der Waals surface area (Å²) in [6.45, 7) is 0.481. The Kier molecular flexibility index (Phi) is 2.82. The third-order valence-electron chi connectivity index (χ3n) is 3.77. The highest BCUT2D eigenvalue weighted by Crippen LogP contribution is 2.50. The first-order chi connectivity index (χ1) is 9.42. The number of carboxylic acid groups (broad SMARTS) is 1. The van der Waals surface area contributed by atoms with Gasteiger partial charge in [0.15, 0.2) is 0 Å². The molecule has 0 spiro atoms. The fourth-order valence-electron chi connectivity index (χ4n) is 2.53. The van der Waals surface area contributed by atoms with E-state index in [9.17, 15) is 13.2 Å². The third kappa shape index (κ3) is 2.29. The van der Waals surface area contributed by atoms with E-state index in [1.165, 1.54) is 12.4 Å². The molecular formula is C13H14N2O4S. The molecule has 1 aliphatic heterocycles. The Hall–Kier alpha value is -1.89. The van der Waals surface area contributed by atoms with Gasteiger partial charge in [0.1, 0.15) is 11.2 Å². The van der Waals surface area contributed by atoms with Crippen molar-refractivity contribution in [2.24, 2.45) is 9.81 Å². The van der Waals surface area contributed by atoms with Crippen molar-refractivity contribution in [2.45, 2.75) is 24.2 Å². The van der Waals surface area contributed by atoms with Crippen molar-refractivity contribution in [1.29, 1.82) is 0 Å². The Bertz CT molecular complexity index is 692. The quantitative estimate of drug-likeness (QED) is 0.908. The fourth-order valence-corrected chi connectivity index (χ4v) is 3.58. The molecule has 0 amide bonds. The van der Waals surface area contributed by atoms with Crippen LogP contribution >= 0.6 is 0 Å². The zero-order valence-corrected chi connectivity index (χ0v) is 11.5. The van der Waals surface area contributed by atoms with Crippen molar-refractivity contribution in [3.8, 4) is 0 Å². The molecule has 1 aliphatic carbocycles. The summed E-state index contributed by atoms with van der Waals surface area (Å²) in [7, 11) is -3.62. The van der Waals surface area contributed by atoms with Crippen LogP contribution in [0.4, 0.5) is 5.69 Å². The van der Waals surface area contributed by atoms with E-state index in [1.54, 1.807) is 23.1 Å². The topological polar surface area (TPSA) is 87.0 Å². The molecule has 2 aliphatic rings. The largest absolute Gasteiger partial charge is 0.481 e. The zero-order valence-electron chi connectivity index (χ0n) is 10.7. The number of aliphatic carboxylic acids is 1. The van der Waals surface area contributed by atoms with Gasteiger partial charge in [-0.2, -0.15) is 8.42 Å². The summed E-state index contributed by atoms with van der Waals surface area (Å²) in [4.78, 5) is 12.8. The molecule has 1 aromatic rings. The number of carboxylic acids is 1. The molecule has 0 bridgehead atoms. The highest BCUT2D eigenvalue weighted by atomic mass is 32.2. The fraction of sp³-hybridized carbons (Fsp3) is 0.385. The van der Waals surface area contributed by atoms with Crippen LogP contribution in [0.1, 0.15) is 19.3 Å². The van der Waals surface area contributed by atoms with Crippen molar-refractivity contribution < 1.29 is 18.3 Å². The maximum Gasteiger partial charge on any atom is 0.303 e. The summed E-state index contributed by atoms with van der Waals surface area (Å²) < 4.78 is 27.3. The van der Waals surface area contributed by atoms with Gasteiger partial charge in [0, 0.05) is 6.54 Å². The molecule has 1 saturated carbocycles. The molecule has 1 fully saturated rings. The van der Waals surface area contributed by atoms with Gasteiger partial charge in [0.25, 0.3) is 10.0 Å². The highest BCUT2D eigenvalue weighted by Gasteiger charge is 2.46. The van der Waals surface area contributed by atoms with Gasteiger partial charge in [-0.05, 0) is 30.4 Å². The molecule has 0 unspecified atom stereocenters. The second-order valence-electron chi connectivity index (χ2n) is 5.36. The predicted molar refractivity (Wildman–Crippen MR) is 73.4 cm³/mol. The minimum atomic E-state index is -3.62. The standard InChI is InChI=1S/C13H14N2O4S/c16-12(17)7-13(5-6-13)8-15-9-14-20(18,19)11-4-2-1-3-10(11)15/h1-4,9H,5-8H2,(H,16,17). The number of para-hydroxylation sites is 1. The van der Waals surface area contributed by atoms with Crippen LogP contribution in [0.15, 0.2) is 33.6 Å². The minimum absolute atomic E-state index is 0.103. The number of sulfonamides is 1. The second-order valence-corrected chi connectivity index (χ2v) is 6.96. The number of hydrogen-bond donors (Lipinski definition) is 1. The lowest BCUT2D eigenvalue weighted by atomic mass is 10.0. The predicted octanol–water partition coefficient (Wildman–Crippen LogP) is 1.48. The molecule has 7 heteroatoms. The van der Waals surface area contributed by atoms with E-state index < -0.39 is 16.0 Å². The number of hydrogen-bond acceptors (Lipinski definition) is 4. The average molecular weight is 294 g/mol. The van der Waals surface area contributed by atoms with Crippen molar-refractivity contribution in [1.82, 2.24) is 0 Å². The van der Waals surface area contributed by atoms with Crippen LogP contribution in [-0.4, -0.2) is 32.4 Å². The number of rotatable bonds is 4. The van der Waals surface area contributed by atoms with E-state index in [0.29, 0.717) is 12.2 Å². The van der Waals surface area contributed by atoms with E-state index in [4.69, 9.17) is 5.11 Å².